The largest absolute Gasteiger partial charge is 0.481 e. The van der Waals surface area contributed by atoms with Gasteiger partial charge in [-0.05, 0) is 23.9 Å². The third-order valence-electron chi connectivity index (χ3n) is 4.99. The Morgan fingerprint density at radius 2 is 2.19 bits per heavy atom. The third-order valence-corrected chi connectivity index (χ3v) is 5.97. The van der Waals surface area contributed by atoms with Crippen molar-refractivity contribution in [2.75, 3.05) is 26.2 Å². The number of carboxylic acid groups (broad SMARTS) is 1. The SMILES string of the molecule is CC1(CNC(=O)N2C[C@@H](C(F)(F)F)[C@H](C(=O)O)C2)OCCc2sccc21. The normalized spacial score (nSPS) is 28.7. The molecule has 1 fully saturated rings. The average Bonchev–Trinajstić information content (AvgIpc) is 3.20. The topological polar surface area (TPSA) is 78.9 Å². The lowest BCUT2D eigenvalue weighted by Crippen LogP contribution is -2.47. The number of carbonyl (C=O) groups is 2. The van der Waals surface area contributed by atoms with E-state index in [1.54, 1.807) is 11.3 Å². The maximum Gasteiger partial charge on any atom is 0.394 e. The van der Waals surface area contributed by atoms with Crippen molar-refractivity contribution in [3.63, 3.8) is 0 Å². The van der Waals surface area contributed by atoms with Gasteiger partial charge < -0.3 is 20.1 Å². The molecule has 2 aliphatic rings. The number of halogens is 3. The zero-order chi connectivity index (χ0) is 19.1. The van der Waals surface area contributed by atoms with Gasteiger partial charge >= 0.3 is 18.2 Å². The average molecular weight is 392 g/mol. The Balaban J connectivity index is 1.65. The van der Waals surface area contributed by atoms with Gasteiger partial charge in [0.05, 0.1) is 25.0 Å². The van der Waals surface area contributed by atoms with Crippen LogP contribution in [0.25, 0.3) is 0 Å². The number of carboxylic acids is 1. The summed E-state index contributed by atoms with van der Waals surface area (Å²) in [6, 6.07) is 1.21. The lowest BCUT2D eigenvalue weighted by atomic mass is 9.93. The molecule has 1 unspecified atom stereocenters. The van der Waals surface area contributed by atoms with Crippen LogP contribution in [-0.4, -0.2) is 54.4 Å². The van der Waals surface area contributed by atoms with Gasteiger partial charge in [0.25, 0.3) is 0 Å². The molecule has 3 heterocycles. The molecule has 2 N–H and O–H groups in total. The molecule has 0 saturated carbocycles. The summed E-state index contributed by atoms with van der Waals surface area (Å²) in [5.41, 5.74) is 0.213. The number of thiophene rings is 1. The molecule has 0 aromatic carbocycles. The van der Waals surface area contributed by atoms with E-state index >= 15 is 0 Å². The Labute approximate surface area is 151 Å². The van der Waals surface area contributed by atoms with Crippen LogP contribution in [0.4, 0.5) is 18.0 Å². The van der Waals surface area contributed by atoms with Gasteiger partial charge in [-0.25, -0.2) is 4.79 Å². The fourth-order valence-electron chi connectivity index (χ4n) is 3.51. The van der Waals surface area contributed by atoms with Crippen molar-refractivity contribution < 1.29 is 32.6 Å². The first-order chi connectivity index (χ1) is 12.1. The first kappa shape index (κ1) is 19.0. The fourth-order valence-corrected chi connectivity index (χ4v) is 4.49. The Kier molecular flexibility index (Phi) is 4.91. The van der Waals surface area contributed by atoms with Gasteiger partial charge in [0.2, 0.25) is 0 Å². The van der Waals surface area contributed by atoms with Gasteiger partial charge in [-0.3, -0.25) is 4.79 Å². The summed E-state index contributed by atoms with van der Waals surface area (Å²) in [5.74, 6) is -5.25. The maximum atomic E-state index is 13.0. The van der Waals surface area contributed by atoms with Gasteiger partial charge in [-0.1, -0.05) is 0 Å². The first-order valence-electron chi connectivity index (χ1n) is 8.15. The van der Waals surface area contributed by atoms with Crippen molar-refractivity contribution >= 4 is 23.3 Å². The van der Waals surface area contributed by atoms with Crippen molar-refractivity contribution in [1.29, 1.82) is 0 Å². The monoisotopic (exact) mass is 392 g/mol. The second kappa shape index (κ2) is 6.73. The molecule has 3 atom stereocenters. The molecule has 1 aromatic heterocycles. The predicted octanol–water partition coefficient (Wildman–Crippen LogP) is 2.44. The Bertz CT molecular complexity index is 708. The van der Waals surface area contributed by atoms with E-state index in [0.29, 0.717) is 6.61 Å². The van der Waals surface area contributed by atoms with E-state index in [2.05, 4.69) is 5.32 Å². The minimum absolute atomic E-state index is 0.0977. The zero-order valence-corrected chi connectivity index (χ0v) is 14.8. The van der Waals surface area contributed by atoms with Gasteiger partial charge in [0, 0.05) is 24.4 Å². The summed E-state index contributed by atoms with van der Waals surface area (Å²) in [5, 5.41) is 13.6. The number of hydrogen-bond acceptors (Lipinski definition) is 4. The number of carbonyl (C=O) groups excluding carboxylic acids is 1. The number of alkyl halides is 3. The highest BCUT2D eigenvalue weighted by molar-refractivity contribution is 7.10. The zero-order valence-electron chi connectivity index (χ0n) is 14.0. The number of ether oxygens (including phenoxy) is 1. The molecular formula is C16H19F3N2O4S. The molecule has 2 amide bonds. The number of likely N-dealkylation sites (tertiary alicyclic amines) is 1. The summed E-state index contributed by atoms with van der Waals surface area (Å²) in [6.45, 7) is 1.29. The lowest BCUT2D eigenvalue weighted by molar-refractivity contribution is -0.187. The van der Waals surface area contributed by atoms with E-state index in [1.165, 1.54) is 0 Å². The number of fused-ring (bicyclic) bond motifs is 1. The number of amides is 2. The molecular weight excluding hydrogens is 373 g/mol. The van der Waals surface area contributed by atoms with E-state index in [-0.39, 0.29) is 6.54 Å². The molecule has 0 bridgehead atoms. The maximum absolute atomic E-state index is 13.0. The van der Waals surface area contributed by atoms with Gasteiger partial charge in [0.1, 0.15) is 5.60 Å². The van der Waals surface area contributed by atoms with Crippen LogP contribution < -0.4 is 5.32 Å². The standard InChI is InChI=1S/C16H19F3N2O4S/c1-15(10-3-5-26-12(10)2-4-25-15)8-20-14(24)21-6-9(13(22)23)11(7-21)16(17,18)19/h3,5,9,11H,2,4,6-8H2,1H3,(H,20,24)(H,22,23)/t9-,11-,15?/m1/s1. The number of aliphatic carboxylic acids is 1. The summed E-state index contributed by atoms with van der Waals surface area (Å²) < 4.78 is 44.9. The highest BCUT2D eigenvalue weighted by atomic mass is 32.1. The molecule has 0 aliphatic carbocycles. The molecule has 0 spiro atoms. The van der Waals surface area contributed by atoms with E-state index in [4.69, 9.17) is 9.84 Å². The Morgan fingerprint density at radius 1 is 1.46 bits per heavy atom. The van der Waals surface area contributed by atoms with Crippen LogP contribution in [0.5, 0.6) is 0 Å². The molecule has 10 heteroatoms. The molecule has 26 heavy (non-hydrogen) atoms. The summed E-state index contributed by atoms with van der Waals surface area (Å²) in [7, 11) is 0. The summed E-state index contributed by atoms with van der Waals surface area (Å²) >= 11 is 1.60. The highest BCUT2D eigenvalue weighted by Gasteiger charge is 2.53. The molecule has 0 radical (unpaired) electrons. The molecule has 1 saturated heterocycles. The smallest absolute Gasteiger partial charge is 0.394 e. The van der Waals surface area contributed by atoms with Crippen molar-refractivity contribution in [3.05, 3.63) is 21.9 Å². The van der Waals surface area contributed by atoms with Gasteiger partial charge in [0.15, 0.2) is 0 Å². The second-order valence-electron chi connectivity index (χ2n) is 6.74. The molecule has 144 valence electrons. The van der Waals surface area contributed by atoms with Crippen LogP contribution in [-0.2, 0) is 21.6 Å². The van der Waals surface area contributed by atoms with Crippen LogP contribution >= 0.6 is 11.3 Å². The van der Waals surface area contributed by atoms with E-state index in [9.17, 15) is 22.8 Å². The quantitative estimate of drug-likeness (QED) is 0.828. The molecule has 2 aliphatic heterocycles. The Hall–Kier alpha value is -1.81. The van der Waals surface area contributed by atoms with Gasteiger partial charge in [-0.15, -0.1) is 11.3 Å². The second-order valence-corrected chi connectivity index (χ2v) is 7.74. The number of rotatable bonds is 3. The van der Waals surface area contributed by atoms with E-state index < -0.39 is 48.7 Å². The van der Waals surface area contributed by atoms with Crippen molar-refractivity contribution in [2.45, 2.75) is 25.1 Å². The Morgan fingerprint density at radius 3 is 2.81 bits per heavy atom. The fraction of sp³-hybridized carbons (Fsp3) is 0.625. The molecule has 3 rings (SSSR count). The van der Waals surface area contributed by atoms with Crippen LogP contribution in [0.2, 0.25) is 0 Å². The van der Waals surface area contributed by atoms with E-state index in [0.717, 1.165) is 21.8 Å². The van der Waals surface area contributed by atoms with Crippen molar-refractivity contribution in [2.24, 2.45) is 11.8 Å². The lowest BCUT2D eigenvalue weighted by Gasteiger charge is -2.35. The van der Waals surface area contributed by atoms with Crippen LogP contribution in [0, 0.1) is 11.8 Å². The number of urea groups is 1. The van der Waals surface area contributed by atoms with Crippen molar-refractivity contribution in [3.8, 4) is 0 Å². The third kappa shape index (κ3) is 3.52. The minimum atomic E-state index is -4.66. The van der Waals surface area contributed by atoms with Crippen molar-refractivity contribution in [1.82, 2.24) is 10.2 Å². The minimum Gasteiger partial charge on any atom is -0.481 e. The molecule has 6 nitrogen and oxygen atoms in total. The molecule has 1 aromatic rings. The van der Waals surface area contributed by atoms with Crippen LogP contribution in [0.3, 0.4) is 0 Å². The number of nitrogens with one attached hydrogen (secondary N) is 1. The first-order valence-corrected chi connectivity index (χ1v) is 9.03. The van der Waals surface area contributed by atoms with Gasteiger partial charge in [-0.2, -0.15) is 13.2 Å². The van der Waals surface area contributed by atoms with E-state index in [1.807, 2.05) is 18.4 Å². The number of hydrogen-bond donors (Lipinski definition) is 2. The van der Waals surface area contributed by atoms with Crippen LogP contribution in [0.15, 0.2) is 11.4 Å². The summed E-state index contributed by atoms with van der Waals surface area (Å²) in [4.78, 5) is 25.5. The van der Waals surface area contributed by atoms with Crippen LogP contribution in [0.1, 0.15) is 17.4 Å². The number of nitrogens with zero attached hydrogens (tertiary/aromatic N) is 1. The highest BCUT2D eigenvalue weighted by Crippen LogP contribution is 2.38. The predicted molar refractivity (Wildman–Crippen MR) is 87.0 cm³/mol. The summed E-state index contributed by atoms with van der Waals surface area (Å²) in [6.07, 6.45) is -3.88.